The number of hydrogen-bond donors (Lipinski definition) is 2. The molecule has 1 aromatic carbocycles. The lowest BCUT2D eigenvalue weighted by atomic mass is 10.0. The van der Waals surface area contributed by atoms with Gasteiger partial charge in [0.1, 0.15) is 11.4 Å². The first kappa shape index (κ1) is 17.0. The molecule has 1 unspecified atom stereocenters. The van der Waals surface area contributed by atoms with Gasteiger partial charge in [0, 0.05) is 0 Å². The van der Waals surface area contributed by atoms with Crippen LogP contribution >= 0.6 is 12.2 Å². The smallest absolute Gasteiger partial charge is 0.294 e. The van der Waals surface area contributed by atoms with Gasteiger partial charge in [-0.15, -0.1) is 6.58 Å². The Morgan fingerprint density at radius 2 is 2.13 bits per heavy atom. The third kappa shape index (κ3) is 4.07. The van der Waals surface area contributed by atoms with Gasteiger partial charge in [0.05, 0.1) is 13.2 Å². The first-order valence-corrected chi connectivity index (χ1v) is 7.56. The number of nitrogens with zero attached hydrogens (tertiary/aromatic N) is 2. The molecular formula is C16H20N4O2S. The largest absolute Gasteiger partial charge is 0.497 e. The summed E-state index contributed by atoms with van der Waals surface area (Å²) in [6.45, 7) is 7.54. The first-order chi connectivity index (χ1) is 10.9. The van der Waals surface area contributed by atoms with Crippen LogP contribution in [0.15, 0.2) is 41.2 Å². The Bertz CT molecular complexity index is 808. The standard InChI is InChI=1S/C16H20N4O2S/c1-10(2)9-14(12-5-7-13(22-4)8-6-12)19-20-15(21)11(3)17-18-16(20)23/h5-8,14,19H,1,9H2,2-4H3,(H,18,23). The number of aromatic amines is 1. The molecule has 6 nitrogen and oxygen atoms in total. The van der Waals surface area contributed by atoms with Crippen molar-refractivity contribution in [2.75, 3.05) is 12.5 Å². The van der Waals surface area contributed by atoms with Crippen molar-refractivity contribution in [2.45, 2.75) is 26.3 Å². The van der Waals surface area contributed by atoms with E-state index in [1.54, 1.807) is 14.0 Å². The zero-order chi connectivity index (χ0) is 17.0. The van der Waals surface area contributed by atoms with Crippen molar-refractivity contribution in [3.8, 4) is 5.75 Å². The second-order valence-corrected chi connectivity index (χ2v) is 5.76. The normalized spacial score (nSPS) is 11.8. The number of aryl methyl sites for hydroxylation is 1. The maximum atomic E-state index is 12.3. The van der Waals surface area contributed by atoms with Crippen LogP contribution in [-0.4, -0.2) is 22.0 Å². The van der Waals surface area contributed by atoms with E-state index in [0.717, 1.165) is 16.9 Å². The number of benzene rings is 1. The lowest BCUT2D eigenvalue weighted by Gasteiger charge is -2.22. The van der Waals surface area contributed by atoms with Crippen LogP contribution in [0.4, 0.5) is 0 Å². The van der Waals surface area contributed by atoms with Gasteiger partial charge in [-0.05, 0) is 50.2 Å². The SMILES string of the molecule is C=C(C)CC(Nn1c(=S)[nH]nc(C)c1=O)c1ccc(OC)cc1. The van der Waals surface area contributed by atoms with Crippen LogP contribution in [0.3, 0.4) is 0 Å². The molecule has 0 saturated heterocycles. The maximum Gasteiger partial charge on any atom is 0.294 e. The molecule has 0 fully saturated rings. The zero-order valence-corrected chi connectivity index (χ0v) is 14.2. The highest BCUT2D eigenvalue weighted by atomic mass is 32.1. The van der Waals surface area contributed by atoms with E-state index >= 15 is 0 Å². The van der Waals surface area contributed by atoms with Gasteiger partial charge in [-0.1, -0.05) is 17.7 Å². The van der Waals surface area contributed by atoms with E-state index in [4.69, 9.17) is 17.0 Å². The Morgan fingerprint density at radius 1 is 1.48 bits per heavy atom. The Morgan fingerprint density at radius 3 is 2.70 bits per heavy atom. The van der Waals surface area contributed by atoms with Gasteiger partial charge in [0.15, 0.2) is 0 Å². The van der Waals surface area contributed by atoms with Gasteiger partial charge in [-0.2, -0.15) is 9.77 Å². The van der Waals surface area contributed by atoms with Crippen molar-refractivity contribution in [1.82, 2.24) is 14.9 Å². The van der Waals surface area contributed by atoms with Crippen molar-refractivity contribution >= 4 is 12.2 Å². The maximum absolute atomic E-state index is 12.3. The fraction of sp³-hybridized carbons (Fsp3) is 0.312. The molecule has 0 spiro atoms. The molecule has 0 radical (unpaired) electrons. The Kier molecular flexibility index (Phi) is 5.33. The number of methoxy groups -OCH3 is 1. The molecule has 0 aliphatic rings. The Labute approximate surface area is 139 Å². The molecular weight excluding hydrogens is 312 g/mol. The van der Waals surface area contributed by atoms with E-state index in [9.17, 15) is 4.79 Å². The molecule has 1 atom stereocenters. The predicted octanol–water partition coefficient (Wildman–Crippen LogP) is 2.87. The quantitative estimate of drug-likeness (QED) is 0.629. The molecule has 0 amide bonds. The molecule has 2 N–H and O–H groups in total. The average Bonchev–Trinajstić information content (AvgIpc) is 2.54. The summed E-state index contributed by atoms with van der Waals surface area (Å²) in [5.41, 5.74) is 5.24. The van der Waals surface area contributed by atoms with Crippen LogP contribution in [-0.2, 0) is 0 Å². The fourth-order valence-corrected chi connectivity index (χ4v) is 2.36. The number of hydrogen-bond acceptors (Lipinski definition) is 5. The van der Waals surface area contributed by atoms with E-state index < -0.39 is 0 Å². The van der Waals surface area contributed by atoms with Gasteiger partial charge < -0.3 is 10.2 Å². The summed E-state index contributed by atoms with van der Waals surface area (Å²) in [7, 11) is 1.62. The van der Waals surface area contributed by atoms with Crippen LogP contribution in [0, 0.1) is 11.7 Å². The van der Waals surface area contributed by atoms with Crippen molar-refractivity contribution in [3.05, 3.63) is 62.8 Å². The molecule has 2 aromatic rings. The van der Waals surface area contributed by atoms with Crippen LogP contribution in [0.1, 0.15) is 30.6 Å². The Hall–Kier alpha value is -2.41. The fourth-order valence-electron chi connectivity index (χ4n) is 2.18. The Balaban J connectivity index is 2.40. The lowest BCUT2D eigenvalue weighted by molar-refractivity contribution is 0.414. The van der Waals surface area contributed by atoms with Crippen LogP contribution in [0.2, 0.25) is 0 Å². The van der Waals surface area contributed by atoms with E-state index in [2.05, 4.69) is 22.2 Å². The van der Waals surface area contributed by atoms with Gasteiger partial charge in [-0.25, -0.2) is 0 Å². The minimum atomic E-state index is -0.269. The summed E-state index contributed by atoms with van der Waals surface area (Å²) in [5.74, 6) is 0.775. The van der Waals surface area contributed by atoms with Gasteiger partial charge in [0.25, 0.3) is 5.56 Å². The number of nitrogens with one attached hydrogen (secondary N) is 2. The molecule has 1 heterocycles. The molecule has 7 heteroatoms. The highest BCUT2D eigenvalue weighted by molar-refractivity contribution is 7.71. The first-order valence-electron chi connectivity index (χ1n) is 7.15. The van der Waals surface area contributed by atoms with Crippen molar-refractivity contribution in [3.63, 3.8) is 0 Å². The van der Waals surface area contributed by atoms with Crippen LogP contribution in [0.25, 0.3) is 0 Å². The number of rotatable bonds is 6. The van der Waals surface area contributed by atoms with Gasteiger partial charge in [-0.3, -0.25) is 9.89 Å². The average molecular weight is 332 g/mol. The summed E-state index contributed by atoms with van der Waals surface area (Å²) < 4.78 is 6.72. The lowest BCUT2D eigenvalue weighted by Crippen LogP contribution is -2.35. The number of aromatic nitrogens is 3. The monoisotopic (exact) mass is 332 g/mol. The summed E-state index contributed by atoms with van der Waals surface area (Å²) in [4.78, 5) is 12.3. The summed E-state index contributed by atoms with van der Waals surface area (Å²) in [6.07, 6.45) is 0.662. The van der Waals surface area contributed by atoms with E-state index in [1.165, 1.54) is 4.68 Å². The van der Waals surface area contributed by atoms with E-state index in [-0.39, 0.29) is 16.4 Å². The minimum Gasteiger partial charge on any atom is -0.497 e. The van der Waals surface area contributed by atoms with Gasteiger partial charge in [0.2, 0.25) is 4.77 Å². The third-order valence-corrected chi connectivity index (χ3v) is 3.66. The highest BCUT2D eigenvalue weighted by Crippen LogP contribution is 2.23. The summed E-state index contributed by atoms with van der Waals surface area (Å²) in [6, 6.07) is 7.51. The molecule has 0 bridgehead atoms. The van der Waals surface area contributed by atoms with Crippen molar-refractivity contribution in [2.24, 2.45) is 0 Å². The van der Waals surface area contributed by atoms with E-state index in [1.807, 2.05) is 31.2 Å². The third-order valence-electron chi connectivity index (χ3n) is 3.39. The van der Waals surface area contributed by atoms with Crippen LogP contribution < -0.4 is 15.7 Å². The molecule has 0 aliphatic carbocycles. The predicted molar refractivity (Wildman–Crippen MR) is 92.9 cm³/mol. The molecule has 1 aromatic heterocycles. The molecule has 2 rings (SSSR count). The summed E-state index contributed by atoms with van der Waals surface area (Å²) >= 11 is 5.16. The molecule has 23 heavy (non-hydrogen) atoms. The van der Waals surface area contributed by atoms with E-state index in [0.29, 0.717) is 12.1 Å². The molecule has 122 valence electrons. The summed E-state index contributed by atoms with van der Waals surface area (Å²) in [5, 5.41) is 6.53. The number of ether oxygens (including phenoxy) is 1. The second kappa shape index (κ2) is 7.23. The van der Waals surface area contributed by atoms with Gasteiger partial charge >= 0.3 is 0 Å². The number of H-pyrrole nitrogens is 1. The minimum absolute atomic E-state index is 0.145. The topological polar surface area (TPSA) is 71.9 Å². The highest BCUT2D eigenvalue weighted by Gasteiger charge is 2.14. The van der Waals surface area contributed by atoms with Crippen molar-refractivity contribution in [1.29, 1.82) is 0 Å². The zero-order valence-electron chi connectivity index (χ0n) is 13.4. The van der Waals surface area contributed by atoms with Crippen molar-refractivity contribution < 1.29 is 4.74 Å². The molecule has 0 aliphatic heterocycles. The molecule has 0 saturated carbocycles. The van der Waals surface area contributed by atoms with Crippen LogP contribution in [0.5, 0.6) is 5.75 Å². The second-order valence-electron chi connectivity index (χ2n) is 5.37.